The van der Waals surface area contributed by atoms with Crippen LogP contribution in [0.2, 0.25) is 0 Å². The van der Waals surface area contributed by atoms with Gasteiger partial charge in [0.1, 0.15) is 5.82 Å². The Morgan fingerprint density at radius 2 is 1.59 bits per heavy atom. The molecule has 2 atom stereocenters. The molecular weight excluding hydrogens is 369 g/mol. The van der Waals surface area contributed by atoms with Crippen molar-refractivity contribution in [3.63, 3.8) is 0 Å². The van der Waals surface area contributed by atoms with Gasteiger partial charge < -0.3 is 4.90 Å². The standard InChI is InChI=1S/C19H28FN3O3S/c1-15-4-3-5-16(2)23(15)19(24)14-21-10-12-22(13-11-21)27(25,26)18-8-6-17(20)7-9-18/h6-9,15-16H,3-5,10-14H2,1-2H3/t15-,16-/m1/s1. The van der Waals surface area contributed by atoms with Gasteiger partial charge in [-0.05, 0) is 57.4 Å². The lowest BCUT2D eigenvalue weighted by molar-refractivity contribution is -0.138. The van der Waals surface area contributed by atoms with Crippen LogP contribution in [0.1, 0.15) is 33.1 Å². The molecule has 2 heterocycles. The molecule has 0 radical (unpaired) electrons. The molecule has 27 heavy (non-hydrogen) atoms. The molecule has 2 fully saturated rings. The van der Waals surface area contributed by atoms with Gasteiger partial charge in [-0.1, -0.05) is 0 Å². The largest absolute Gasteiger partial charge is 0.336 e. The number of benzene rings is 1. The van der Waals surface area contributed by atoms with E-state index in [1.54, 1.807) is 0 Å². The molecule has 0 saturated carbocycles. The Morgan fingerprint density at radius 1 is 1.04 bits per heavy atom. The highest BCUT2D eigenvalue weighted by Crippen LogP contribution is 2.23. The van der Waals surface area contributed by atoms with Gasteiger partial charge in [-0.3, -0.25) is 9.69 Å². The van der Waals surface area contributed by atoms with Crippen LogP contribution in [0.25, 0.3) is 0 Å². The van der Waals surface area contributed by atoms with E-state index < -0.39 is 15.8 Å². The molecule has 0 unspecified atom stereocenters. The predicted octanol–water partition coefficient (Wildman–Crippen LogP) is 1.92. The first-order valence-corrected chi connectivity index (χ1v) is 11.0. The van der Waals surface area contributed by atoms with Gasteiger partial charge in [0.25, 0.3) is 0 Å². The number of piperazine rings is 1. The number of hydrogen-bond acceptors (Lipinski definition) is 4. The Hall–Kier alpha value is -1.51. The number of piperidine rings is 1. The Bertz CT molecular complexity index is 751. The highest BCUT2D eigenvalue weighted by atomic mass is 32.2. The van der Waals surface area contributed by atoms with Crippen molar-refractivity contribution in [2.24, 2.45) is 0 Å². The van der Waals surface area contributed by atoms with Crippen molar-refractivity contribution in [2.75, 3.05) is 32.7 Å². The lowest BCUT2D eigenvalue weighted by atomic mass is 9.97. The van der Waals surface area contributed by atoms with Gasteiger partial charge in [0.15, 0.2) is 0 Å². The number of amides is 1. The Morgan fingerprint density at radius 3 is 2.15 bits per heavy atom. The van der Waals surface area contributed by atoms with Crippen molar-refractivity contribution in [2.45, 2.75) is 50.1 Å². The van der Waals surface area contributed by atoms with Crippen LogP contribution < -0.4 is 0 Å². The maximum Gasteiger partial charge on any atom is 0.243 e. The van der Waals surface area contributed by atoms with Gasteiger partial charge in [0.05, 0.1) is 11.4 Å². The second-order valence-electron chi connectivity index (χ2n) is 7.56. The predicted molar refractivity (Wildman–Crippen MR) is 101 cm³/mol. The number of carbonyl (C=O) groups is 1. The van der Waals surface area contributed by atoms with E-state index in [1.165, 1.54) is 16.4 Å². The first kappa shape index (κ1) is 20.2. The SMILES string of the molecule is C[C@@H]1CCC[C@@H](C)N1C(=O)CN1CCN(S(=O)(=O)c2ccc(F)cc2)CC1. The fraction of sp³-hybridized carbons (Fsp3) is 0.632. The third kappa shape index (κ3) is 4.50. The minimum absolute atomic E-state index is 0.101. The summed E-state index contributed by atoms with van der Waals surface area (Å²) in [7, 11) is -3.62. The molecule has 2 aliphatic rings. The lowest BCUT2D eigenvalue weighted by Gasteiger charge is -2.41. The molecule has 1 aromatic carbocycles. The molecular formula is C19H28FN3O3S. The second-order valence-corrected chi connectivity index (χ2v) is 9.50. The molecule has 0 N–H and O–H groups in total. The van der Waals surface area contributed by atoms with Crippen LogP contribution in [0.5, 0.6) is 0 Å². The van der Waals surface area contributed by atoms with E-state index >= 15 is 0 Å². The fourth-order valence-corrected chi connectivity index (χ4v) is 5.49. The Balaban J connectivity index is 1.57. The van der Waals surface area contributed by atoms with Gasteiger partial charge in [0, 0.05) is 38.3 Å². The van der Waals surface area contributed by atoms with E-state index in [0.717, 1.165) is 31.4 Å². The molecule has 0 spiro atoms. The minimum atomic E-state index is -3.62. The van der Waals surface area contributed by atoms with Crippen molar-refractivity contribution < 1.29 is 17.6 Å². The first-order chi connectivity index (χ1) is 12.8. The van der Waals surface area contributed by atoms with E-state index in [4.69, 9.17) is 0 Å². The summed E-state index contributed by atoms with van der Waals surface area (Å²) < 4.78 is 39.8. The number of carbonyl (C=O) groups excluding carboxylic acids is 1. The number of halogens is 1. The van der Waals surface area contributed by atoms with Gasteiger partial charge in [-0.25, -0.2) is 12.8 Å². The maximum atomic E-state index is 13.0. The van der Waals surface area contributed by atoms with E-state index in [1.807, 2.05) is 9.80 Å². The van der Waals surface area contributed by atoms with Crippen molar-refractivity contribution >= 4 is 15.9 Å². The molecule has 2 saturated heterocycles. The summed E-state index contributed by atoms with van der Waals surface area (Å²) >= 11 is 0. The highest BCUT2D eigenvalue weighted by Gasteiger charge is 2.32. The molecule has 6 nitrogen and oxygen atoms in total. The fourth-order valence-electron chi connectivity index (χ4n) is 4.07. The number of likely N-dealkylation sites (tertiary alicyclic amines) is 1. The van der Waals surface area contributed by atoms with Crippen LogP contribution in [0.15, 0.2) is 29.2 Å². The number of hydrogen-bond donors (Lipinski definition) is 0. The van der Waals surface area contributed by atoms with Gasteiger partial charge in [-0.15, -0.1) is 0 Å². The van der Waals surface area contributed by atoms with Crippen LogP contribution in [-0.4, -0.2) is 73.2 Å². The van der Waals surface area contributed by atoms with Crippen molar-refractivity contribution in [3.8, 4) is 0 Å². The number of nitrogens with zero attached hydrogens (tertiary/aromatic N) is 3. The zero-order valence-corrected chi connectivity index (χ0v) is 16.8. The van der Waals surface area contributed by atoms with Gasteiger partial charge in [-0.2, -0.15) is 4.31 Å². The van der Waals surface area contributed by atoms with E-state index in [2.05, 4.69) is 13.8 Å². The molecule has 3 rings (SSSR count). The summed E-state index contributed by atoms with van der Waals surface area (Å²) in [6.45, 7) is 6.22. The Labute approximate surface area is 161 Å². The van der Waals surface area contributed by atoms with Crippen molar-refractivity contribution in [1.82, 2.24) is 14.1 Å². The second kappa shape index (κ2) is 8.24. The normalized spacial score (nSPS) is 25.5. The van der Waals surface area contributed by atoms with E-state index in [-0.39, 0.29) is 22.9 Å². The zero-order valence-electron chi connectivity index (χ0n) is 16.0. The topological polar surface area (TPSA) is 60.9 Å². The van der Waals surface area contributed by atoms with Gasteiger partial charge in [0.2, 0.25) is 15.9 Å². The summed E-state index contributed by atoms with van der Waals surface area (Å²) in [5, 5.41) is 0. The maximum absolute atomic E-state index is 13.0. The lowest BCUT2D eigenvalue weighted by Crippen LogP contribution is -2.54. The van der Waals surface area contributed by atoms with E-state index in [0.29, 0.717) is 32.7 Å². The van der Waals surface area contributed by atoms with Crippen molar-refractivity contribution in [1.29, 1.82) is 0 Å². The average molecular weight is 398 g/mol. The summed E-state index contributed by atoms with van der Waals surface area (Å²) in [5.41, 5.74) is 0. The quantitative estimate of drug-likeness (QED) is 0.779. The van der Waals surface area contributed by atoms with Crippen molar-refractivity contribution in [3.05, 3.63) is 30.1 Å². The third-order valence-electron chi connectivity index (χ3n) is 5.62. The first-order valence-electron chi connectivity index (χ1n) is 9.58. The van der Waals surface area contributed by atoms with Crippen LogP contribution in [0.4, 0.5) is 4.39 Å². The van der Waals surface area contributed by atoms with E-state index in [9.17, 15) is 17.6 Å². The Kier molecular flexibility index (Phi) is 6.18. The summed E-state index contributed by atoms with van der Waals surface area (Å²) in [5.74, 6) is -0.331. The number of sulfonamides is 1. The summed E-state index contributed by atoms with van der Waals surface area (Å²) in [6.07, 6.45) is 3.24. The van der Waals surface area contributed by atoms with Crippen LogP contribution in [0, 0.1) is 5.82 Å². The number of rotatable bonds is 4. The molecule has 150 valence electrons. The average Bonchev–Trinajstić information content (AvgIpc) is 2.62. The monoisotopic (exact) mass is 397 g/mol. The molecule has 1 aromatic rings. The van der Waals surface area contributed by atoms with Crippen LogP contribution >= 0.6 is 0 Å². The van der Waals surface area contributed by atoms with Gasteiger partial charge >= 0.3 is 0 Å². The third-order valence-corrected chi connectivity index (χ3v) is 7.54. The van der Waals surface area contributed by atoms with Crippen LogP contribution in [-0.2, 0) is 14.8 Å². The summed E-state index contributed by atoms with van der Waals surface area (Å²) in [4.78, 5) is 16.8. The molecule has 2 aliphatic heterocycles. The van der Waals surface area contributed by atoms with Crippen LogP contribution in [0.3, 0.4) is 0 Å². The molecule has 8 heteroatoms. The molecule has 0 bridgehead atoms. The smallest absolute Gasteiger partial charge is 0.243 e. The minimum Gasteiger partial charge on any atom is -0.336 e. The molecule has 1 amide bonds. The highest BCUT2D eigenvalue weighted by molar-refractivity contribution is 7.89. The molecule has 0 aliphatic carbocycles. The molecule has 0 aromatic heterocycles. The zero-order chi connectivity index (χ0) is 19.6. The summed E-state index contributed by atoms with van der Waals surface area (Å²) in [6, 6.07) is 5.42.